The number of carbonyl (C=O) groups is 1. The first kappa shape index (κ1) is 24.3. The lowest BCUT2D eigenvalue weighted by molar-refractivity contribution is -0.168. The monoisotopic (exact) mass is 540 g/mol. The molecule has 2 fully saturated rings. The summed E-state index contributed by atoms with van der Waals surface area (Å²) in [5.41, 5.74) is 2.98. The second-order valence-corrected chi connectivity index (χ2v) is 8.90. The van der Waals surface area contributed by atoms with Crippen LogP contribution in [0.5, 0.6) is 0 Å². The van der Waals surface area contributed by atoms with Crippen LogP contribution in [0.15, 0.2) is 29.3 Å². The molecule has 2 atom stereocenters. The third-order valence-electron chi connectivity index (χ3n) is 7.32. The van der Waals surface area contributed by atoms with Crippen molar-refractivity contribution < 1.29 is 9.53 Å². The summed E-state index contributed by atoms with van der Waals surface area (Å²) in [5, 5.41) is 7.01. The Morgan fingerprint density at radius 1 is 1.29 bits per heavy atom. The summed E-state index contributed by atoms with van der Waals surface area (Å²) in [6, 6.07) is 8.89. The molecule has 1 aliphatic heterocycles. The lowest BCUT2D eigenvalue weighted by Crippen LogP contribution is -2.68. The number of rotatable bonds is 7. The second kappa shape index (κ2) is 11.0. The Bertz CT molecular complexity index is 781. The van der Waals surface area contributed by atoms with Gasteiger partial charge in [0, 0.05) is 51.2 Å². The van der Waals surface area contributed by atoms with Crippen LogP contribution in [0.4, 0.5) is 0 Å². The number of nitrogens with zero attached hydrogens (tertiary/aromatic N) is 2. The zero-order chi connectivity index (χ0) is 21.0. The van der Waals surface area contributed by atoms with Crippen LogP contribution >= 0.6 is 24.0 Å². The Labute approximate surface area is 203 Å². The van der Waals surface area contributed by atoms with E-state index in [1.807, 2.05) is 11.9 Å². The molecule has 2 saturated carbocycles. The highest BCUT2D eigenvalue weighted by atomic mass is 127. The van der Waals surface area contributed by atoms with Gasteiger partial charge in [-0.2, -0.15) is 0 Å². The maximum Gasteiger partial charge on any atom is 0.222 e. The van der Waals surface area contributed by atoms with Crippen LogP contribution in [0, 0.1) is 5.41 Å². The first-order chi connectivity index (χ1) is 14.7. The van der Waals surface area contributed by atoms with Crippen molar-refractivity contribution in [1.82, 2.24) is 15.5 Å². The fourth-order valence-corrected chi connectivity index (χ4v) is 5.31. The van der Waals surface area contributed by atoms with E-state index in [1.165, 1.54) is 30.4 Å². The number of carbonyl (C=O) groups excluding carboxylic acids is 1. The zero-order valence-electron chi connectivity index (χ0n) is 18.9. The summed E-state index contributed by atoms with van der Waals surface area (Å²) in [6.45, 7) is 5.21. The Morgan fingerprint density at radius 2 is 2.06 bits per heavy atom. The Kier molecular flexibility index (Phi) is 8.61. The molecule has 0 radical (unpaired) electrons. The molecule has 2 aliphatic carbocycles. The number of ether oxygens (including phenoxy) is 1. The van der Waals surface area contributed by atoms with Crippen molar-refractivity contribution in [3.8, 4) is 0 Å². The van der Waals surface area contributed by atoms with Crippen molar-refractivity contribution in [2.45, 2.75) is 70.6 Å². The molecule has 6 nitrogen and oxygen atoms in total. The van der Waals surface area contributed by atoms with Gasteiger partial charge in [0.25, 0.3) is 0 Å². The van der Waals surface area contributed by atoms with E-state index in [0.29, 0.717) is 24.0 Å². The van der Waals surface area contributed by atoms with Crippen LogP contribution < -0.4 is 10.6 Å². The van der Waals surface area contributed by atoms with E-state index in [4.69, 9.17) is 4.74 Å². The number of hydrogen-bond donors (Lipinski definition) is 2. The van der Waals surface area contributed by atoms with Gasteiger partial charge in [-0.15, -0.1) is 24.0 Å². The minimum atomic E-state index is 0. The molecule has 1 amide bonds. The predicted molar refractivity (Wildman–Crippen MR) is 135 cm³/mol. The van der Waals surface area contributed by atoms with Gasteiger partial charge < -0.3 is 20.3 Å². The minimum absolute atomic E-state index is 0. The molecule has 7 heteroatoms. The molecule has 31 heavy (non-hydrogen) atoms. The average molecular weight is 540 g/mol. The van der Waals surface area contributed by atoms with Gasteiger partial charge >= 0.3 is 0 Å². The largest absolute Gasteiger partial charge is 0.378 e. The minimum Gasteiger partial charge on any atom is -0.378 e. The SMILES string of the molecule is CCOC1CC(NC(=NC)NCCCC(=O)N2CCc3ccccc3C2)C12CCC2.I. The van der Waals surface area contributed by atoms with Gasteiger partial charge in [0.2, 0.25) is 5.91 Å². The van der Waals surface area contributed by atoms with Crippen LogP contribution in [0.2, 0.25) is 0 Å². The molecule has 2 unspecified atom stereocenters. The highest BCUT2D eigenvalue weighted by molar-refractivity contribution is 14.0. The number of fused-ring (bicyclic) bond motifs is 1. The maximum absolute atomic E-state index is 12.6. The number of hydrogen-bond acceptors (Lipinski definition) is 3. The highest BCUT2D eigenvalue weighted by Crippen LogP contribution is 2.57. The number of amides is 1. The molecule has 0 saturated heterocycles. The third-order valence-corrected chi connectivity index (χ3v) is 7.32. The van der Waals surface area contributed by atoms with E-state index in [1.54, 1.807) is 0 Å². The number of aliphatic imine (C=N–C) groups is 1. The van der Waals surface area contributed by atoms with Crippen LogP contribution in [-0.4, -0.2) is 55.7 Å². The van der Waals surface area contributed by atoms with Gasteiger partial charge in [-0.25, -0.2) is 0 Å². The highest BCUT2D eigenvalue weighted by Gasteiger charge is 2.59. The van der Waals surface area contributed by atoms with Crippen molar-refractivity contribution in [3.05, 3.63) is 35.4 Å². The molecule has 0 bridgehead atoms. The standard InChI is InChI=1S/C24H36N4O2.HI/c1-3-30-21-16-20(24(21)12-7-13-24)27-23(25-2)26-14-6-10-22(29)28-15-11-18-8-4-5-9-19(18)17-28;/h4-5,8-9,20-21H,3,6-7,10-17H2,1-2H3,(H2,25,26,27);1H. The molecule has 172 valence electrons. The zero-order valence-corrected chi connectivity index (χ0v) is 21.2. The van der Waals surface area contributed by atoms with E-state index >= 15 is 0 Å². The molecule has 0 aromatic heterocycles. The summed E-state index contributed by atoms with van der Waals surface area (Å²) in [4.78, 5) is 19.0. The summed E-state index contributed by atoms with van der Waals surface area (Å²) in [6.07, 6.45) is 7.61. The van der Waals surface area contributed by atoms with Crippen molar-refractivity contribution in [3.63, 3.8) is 0 Å². The molecule has 2 N–H and O–H groups in total. The van der Waals surface area contributed by atoms with E-state index in [-0.39, 0.29) is 29.9 Å². The van der Waals surface area contributed by atoms with Gasteiger partial charge in [-0.3, -0.25) is 9.79 Å². The van der Waals surface area contributed by atoms with Gasteiger partial charge in [0.1, 0.15) is 0 Å². The van der Waals surface area contributed by atoms with Crippen molar-refractivity contribution >= 4 is 35.8 Å². The molecule has 1 spiro atoms. The lowest BCUT2D eigenvalue weighted by Gasteiger charge is -2.61. The molecule has 4 rings (SSSR count). The van der Waals surface area contributed by atoms with E-state index in [2.05, 4.69) is 46.8 Å². The van der Waals surface area contributed by atoms with E-state index < -0.39 is 0 Å². The molecule has 1 aromatic rings. The molecular weight excluding hydrogens is 503 g/mol. The smallest absolute Gasteiger partial charge is 0.222 e. The van der Waals surface area contributed by atoms with Crippen molar-refractivity contribution in [2.75, 3.05) is 26.7 Å². The topological polar surface area (TPSA) is 66.0 Å². The van der Waals surface area contributed by atoms with E-state index in [0.717, 1.165) is 51.5 Å². The second-order valence-electron chi connectivity index (χ2n) is 8.90. The first-order valence-electron chi connectivity index (χ1n) is 11.6. The predicted octanol–water partition coefficient (Wildman–Crippen LogP) is 3.48. The van der Waals surface area contributed by atoms with Crippen molar-refractivity contribution in [1.29, 1.82) is 0 Å². The van der Waals surface area contributed by atoms with Crippen LogP contribution in [-0.2, 0) is 22.5 Å². The Balaban J connectivity index is 0.00000272. The summed E-state index contributed by atoms with van der Waals surface area (Å²) in [5.74, 6) is 1.10. The van der Waals surface area contributed by atoms with Crippen molar-refractivity contribution in [2.24, 2.45) is 10.4 Å². The van der Waals surface area contributed by atoms with Crippen LogP contribution in [0.25, 0.3) is 0 Å². The fourth-order valence-electron chi connectivity index (χ4n) is 5.31. The Hall–Kier alpha value is -1.35. The summed E-state index contributed by atoms with van der Waals surface area (Å²) in [7, 11) is 1.82. The Morgan fingerprint density at radius 3 is 2.74 bits per heavy atom. The normalized spacial score (nSPS) is 23.8. The molecule has 3 aliphatic rings. The molecular formula is C24H37IN4O2. The van der Waals surface area contributed by atoms with Gasteiger partial charge in [-0.05, 0) is 50.2 Å². The average Bonchev–Trinajstić information content (AvgIpc) is 2.72. The molecule has 1 heterocycles. The summed E-state index contributed by atoms with van der Waals surface area (Å²) >= 11 is 0. The molecule has 1 aromatic carbocycles. The quantitative estimate of drug-likeness (QED) is 0.241. The van der Waals surface area contributed by atoms with Gasteiger partial charge in [0.05, 0.1) is 6.10 Å². The first-order valence-corrected chi connectivity index (χ1v) is 11.6. The van der Waals surface area contributed by atoms with Gasteiger partial charge in [-0.1, -0.05) is 30.7 Å². The number of benzene rings is 1. The number of nitrogens with one attached hydrogen (secondary N) is 2. The summed E-state index contributed by atoms with van der Waals surface area (Å²) < 4.78 is 5.94. The van der Waals surface area contributed by atoms with Crippen LogP contribution in [0.1, 0.15) is 56.6 Å². The fraction of sp³-hybridized carbons (Fsp3) is 0.667. The van der Waals surface area contributed by atoms with Crippen LogP contribution in [0.3, 0.4) is 0 Å². The van der Waals surface area contributed by atoms with Gasteiger partial charge in [0.15, 0.2) is 5.96 Å². The van der Waals surface area contributed by atoms with E-state index in [9.17, 15) is 4.79 Å². The number of guanidine groups is 1. The third kappa shape index (κ3) is 5.18. The number of halogens is 1. The maximum atomic E-state index is 12.6. The lowest BCUT2D eigenvalue weighted by atomic mass is 9.51.